The summed E-state index contributed by atoms with van der Waals surface area (Å²) in [7, 11) is 0. The molecule has 1 aromatic heterocycles. The summed E-state index contributed by atoms with van der Waals surface area (Å²) >= 11 is 2.01. The van der Waals surface area contributed by atoms with E-state index in [9.17, 15) is 26.3 Å². The van der Waals surface area contributed by atoms with Crippen LogP contribution in [0, 0.1) is 0 Å². The number of nitrogens with zero attached hydrogens (tertiary/aromatic N) is 4. The zero-order valence-corrected chi connectivity index (χ0v) is 25.1. The minimum Gasteiger partial charge on any atom is -0.336 e. The van der Waals surface area contributed by atoms with Crippen LogP contribution in [0.4, 0.5) is 54.2 Å². The minimum absolute atomic E-state index is 0.282. The summed E-state index contributed by atoms with van der Waals surface area (Å²) in [5.41, 5.74) is 2.49. The molecular formula is C32H22F6N6S2. The normalized spacial score (nSPS) is 15.1. The number of nitrogens with one attached hydrogen (secondary N) is 2. The third-order valence-electron chi connectivity index (χ3n) is 6.63. The fourth-order valence-electron chi connectivity index (χ4n) is 4.44. The first-order chi connectivity index (χ1) is 22.0. The second-order valence-corrected chi connectivity index (χ2v) is 11.8. The quantitative estimate of drug-likeness (QED) is 0.0699. The number of amidine groups is 1. The van der Waals surface area contributed by atoms with Crippen LogP contribution in [0.2, 0.25) is 0 Å². The molecule has 46 heavy (non-hydrogen) atoms. The van der Waals surface area contributed by atoms with Gasteiger partial charge in [0.15, 0.2) is 10.3 Å². The summed E-state index contributed by atoms with van der Waals surface area (Å²) in [6.07, 6.45) is -8.87. The second kappa shape index (κ2) is 12.9. The highest BCUT2D eigenvalue weighted by Crippen LogP contribution is 2.35. The Labute approximate surface area is 266 Å². The van der Waals surface area contributed by atoms with Gasteiger partial charge in [0.1, 0.15) is 6.04 Å². The summed E-state index contributed by atoms with van der Waals surface area (Å²) in [5.74, 6) is 0. The molecule has 2 N–H and O–H groups in total. The van der Waals surface area contributed by atoms with E-state index in [1.165, 1.54) is 23.5 Å². The topological polar surface area (TPSA) is 74.0 Å². The molecule has 0 saturated heterocycles. The molecule has 6 nitrogen and oxygen atoms in total. The van der Waals surface area contributed by atoms with Gasteiger partial charge in [-0.3, -0.25) is 4.99 Å². The van der Waals surface area contributed by atoms with E-state index in [1.54, 1.807) is 41.8 Å². The molecule has 0 fully saturated rings. The van der Waals surface area contributed by atoms with E-state index in [2.05, 4.69) is 30.8 Å². The van der Waals surface area contributed by atoms with Gasteiger partial charge in [0.2, 0.25) is 0 Å². The van der Waals surface area contributed by atoms with Crippen molar-refractivity contribution in [3.63, 3.8) is 0 Å². The maximum atomic E-state index is 13.1. The van der Waals surface area contributed by atoms with E-state index in [-0.39, 0.29) is 11.7 Å². The van der Waals surface area contributed by atoms with Crippen molar-refractivity contribution in [3.05, 3.63) is 119 Å². The number of alkyl halides is 6. The van der Waals surface area contributed by atoms with Gasteiger partial charge in [-0.05, 0) is 71.6 Å². The maximum Gasteiger partial charge on any atom is 0.416 e. The number of azo groups is 1. The maximum absolute atomic E-state index is 13.1. The average Bonchev–Trinajstić information content (AvgIpc) is 3.70. The van der Waals surface area contributed by atoms with Crippen LogP contribution in [-0.2, 0) is 12.4 Å². The molecule has 0 saturated carbocycles. The lowest BCUT2D eigenvalue weighted by Gasteiger charge is -2.10. The smallest absolute Gasteiger partial charge is 0.336 e. The number of anilines is 3. The Bertz CT molecular complexity index is 1970. The van der Waals surface area contributed by atoms with Crippen molar-refractivity contribution < 1.29 is 26.3 Å². The van der Waals surface area contributed by atoms with Gasteiger partial charge in [0.25, 0.3) is 0 Å². The lowest BCUT2D eigenvalue weighted by molar-refractivity contribution is -0.138. The monoisotopic (exact) mass is 668 g/mol. The van der Waals surface area contributed by atoms with Crippen LogP contribution >= 0.6 is 22.7 Å². The first-order valence-corrected chi connectivity index (χ1v) is 15.4. The number of thiol groups is 1. The average molecular weight is 669 g/mol. The minimum atomic E-state index is -4.44. The van der Waals surface area contributed by atoms with E-state index >= 15 is 0 Å². The lowest BCUT2D eigenvalue weighted by atomic mass is 10.1. The Kier molecular flexibility index (Phi) is 8.73. The van der Waals surface area contributed by atoms with Crippen LogP contribution < -0.4 is 10.6 Å². The highest BCUT2D eigenvalue weighted by atomic mass is 32.1. The zero-order chi connectivity index (χ0) is 32.3. The number of benzene rings is 4. The predicted molar refractivity (Wildman–Crippen MR) is 173 cm³/mol. The van der Waals surface area contributed by atoms with Crippen LogP contribution in [0.1, 0.15) is 22.7 Å². The highest BCUT2D eigenvalue weighted by Gasteiger charge is 2.31. The molecule has 2 heterocycles. The molecule has 1 aliphatic heterocycles. The first-order valence-electron chi connectivity index (χ1n) is 13.6. The van der Waals surface area contributed by atoms with E-state index in [1.807, 2.05) is 29.6 Å². The molecular weight excluding hydrogens is 647 g/mol. The molecule has 0 aliphatic carbocycles. The molecule has 6 rings (SSSR count). The molecule has 4 aromatic carbocycles. The summed E-state index contributed by atoms with van der Waals surface area (Å²) in [6.45, 7) is 0. The molecule has 5 aromatic rings. The lowest BCUT2D eigenvalue weighted by Crippen LogP contribution is -2.08. The van der Waals surface area contributed by atoms with Gasteiger partial charge in [0.05, 0.1) is 28.2 Å². The zero-order valence-electron chi connectivity index (χ0n) is 23.4. The Morgan fingerprint density at radius 1 is 0.696 bits per heavy atom. The molecule has 14 heteroatoms. The van der Waals surface area contributed by atoms with Crippen molar-refractivity contribution in [1.82, 2.24) is 4.98 Å². The summed E-state index contributed by atoms with van der Waals surface area (Å²) in [4.78, 5) is 9.13. The molecule has 1 atom stereocenters. The van der Waals surface area contributed by atoms with Crippen molar-refractivity contribution in [2.24, 2.45) is 15.2 Å². The number of hydrogen-bond donors (Lipinski definition) is 3. The van der Waals surface area contributed by atoms with Gasteiger partial charge < -0.3 is 10.6 Å². The van der Waals surface area contributed by atoms with Crippen LogP contribution in [0.3, 0.4) is 0 Å². The van der Waals surface area contributed by atoms with Crippen LogP contribution in [0.15, 0.2) is 118 Å². The van der Waals surface area contributed by atoms with Gasteiger partial charge in [0, 0.05) is 22.3 Å². The number of halogens is 6. The Balaban J connectivity index is 1.12. The van der Waals surface area contributed by atoms with Gasteiger partial charge >= 0.3 is 12.4 Å². The largest absolute Gasteiger partial charge is 0.416 e. The number of rotatable bonds is 7. The SMILES string of the molecule is FC(F)(F)c1cccc(NC2=NC(c3cccc(/N=N/c4cccc(-c5csc(Nc6cccc(C(F)(F)F)c6)n5)c4)c3)C=[SH]2)c1. The summed E-state index contributed by atoms with van der Waals surface area (Å²) in [6, 6.07) is 24.2. The summed E-state index contributed by atoms with van der Waals surface area (Å²) in [5, 5.41) is 19.3. The van der Waals surface area contributed by atoms with Gasteiger partial charge in [-0.25, -0.2) is 4.98 Å². The first kappa shape index (κ1) is 31.2. The van der Waals surface area contributed by atoms with Gasteiger partial charge in [-0.15, -0.1) is 22.7 Å². The van der Waals surface area contributed by atoms with Crippen LogP contribution in [0.5, 0.6) is 0 Å². The molecule has 0 amide bonds. The van der Waals surface area contributed by atoms with Crippen molar-refractivity contribution >= 4 is 61.1 Å². The van der Waals surface area contributed by atoms with E-state index in [0.29, 0.717) is 33.1 Å². The van der Waals surface area contributed by atoms with Crippen LogP contribution in [0.25, 0.3) is 11.3 Å². The van der Waals surface area contributed by atoms with Crippen molar-refractivity contribution in [1.29, 1.82) is 0 Å². The molecule has 0 bridgehead atoms. The fraction of sp³-hybridized carbons (Fsp3) is 0.0938. The standard InChI is InChI=1S/C32H22F6N6S2/c33-31(34,35)21-7-3-9-23(15-21)39-29-41-27(17-45-29)19-5-1-11-25(13-19)43-44-26-12-2-6-20(14-26)28-18-46-30(42-28)40-24-10-4-8-22(16-24)32(36,37)38/h1-18,27,45H,(H,39,41)(H,40,42)/b44-43+. The van der Waals surface area contributed by atoms with E-state index in [4.69, 9.17) is 0 Å². The summed E-state index contributed by atoms with van der Waals surface area (Å²) < 4.78 is 78.4. The fourth-order valence-corrected chi connectivity index (χ4v) is 6.09. The number of hydrogen-bond acceptors (Lipinski definition) is 7. The third kappa shape index (κ3) is 7.69. The molecule has 234 valence electrons. The molecule has 0 radical (unpaired) electrons. The van der Waals surface area contributed by atoms with Crippen LogP contribution in [-0.4, -0.2) is 15.5 Å². The second-order valence-electron chi connectivity index (χ2n) is 9.97. The van der Waals surface area contributed by atoms with Gasteiger partial charge in [-0.1, -0.05) is 36.4 Å². The van der Waals surface area contributed by atoms with Gasteiger partial charge in [-0.2, -0.15) is 36.6 Å². The van der Waals surface area contributed by atoms with Crippen molar-refractivity contribution in [2.45, 2.75) is 18.4 Å². The molecule has 1 unspecified atom stereocenters. The van der Waals surface area contributed by atoms with E-state index < -0.39 is 23.5 Å². The van der Waals surface area contributed by atoms with Crippen molar-refractivity contribution in [2.75, 3.05) is 10.6 Å². The molecule has 0 spiro atoms. The Morgan fingerprint density at radius 2 is 1.30 bits per heavy atom. The Hall–Kier alpha value is -4.82. The molecule has 1 aliphatic rings. The number of thiazole rings is 1. The third-order valence-corrected chi connectivity index (χ3v) is 8.29. The van der Waals surface area contributed by atoms with Crippen molar-refractivity contribution in [3.8, 4) is 11.3 Å². The number of aromatic nitrogens is 1. The van der Waals surface area contributed by atoms with E-state index in [0.717, 1.165) is 46.7 Å². The highest BCUT2D eigenvalue weighted by molar-refractivity contribution is 8.12. The Morgan fingerprint density at radius 3 is 1.98 bits per heavy atom. The number of aliphatic imine (C=N–C) groups is 1. The predicted octanol–water partition coefficient (Wildman–Crippen LogP) is 10.8.